The summed E-state index contributed by atoms with van der Waals surface area (Å²) >= 11 is 0. The van der Waals surface area contributed by atoms with E-state index in [9.17, 15) is 14.7 Å². The number of aromatic amines is 1. The number of hydrogen-bond donors (Lipinski definition) is 3. The van der Waals surface area contributed by atoms with Crippen molar-refractivity contribution >= 4 is 5.97 Å². The first-order chi connectivity index (χ1) is 9.04. The molecule has 1 heterocycles. The van der Waals surface area contributed by atoms with Gasteiger partial charge in [-0.3, -0.25) is 9.89 Å². The van der Waals surface area contributed by atoms with Crippen LogP contribution in [0.15, 0.2) is 29.1 Å². The summed E-state index contributed by atoms with van der Waals surface area (Å²) in [5, 5.41) is 20.6. The number of aliphatic hydroxyl groups is 1. The number of H-pyrrole nitrogens is 1. The van der Waals surface area contributed by atoms with Crippen molar-refractivity contribution in [1.82, 2.24) is 9.78 Å². The molecule has 0 spiro atoms. The molecule has 1 aromatic heterocycles. The van der Waals surface area contributed by atoms with E-state index in [1.165, 1.54) is 4.68 Å². The second-order valence-electron chi connectivity index (χ2n) is 4.22. The van der Waals surface area contributed by atoms with Crippen LogP contribution < -0.4 is 5.56 Å². The van der Waals surface area contributed by atoms with Gasteiger partial charge in [0.25, 0.3) is 5.56 Å². The Bertz CT molecular complexity index is 652. The normalized spacial score (nSPS) is 10.6. The Balaban J connectivity index is 2.63. The number of aromatic nitrogens is 2. The number of nitrogens with one attached hydrogen (secondary N) is 1. The van der Waals surface area contributed by atoms with Crippen LogP contribution in [0.2, 0.25) is 0 Å². The van der Waals surface area contributed by atoms with Gasteiger partial charge < -0.3 is 10.2 Å². The average molecular weight is 262 g/mol. The molecule has 0 fully saturated rings. The minimum absolute atomic E-state index is 0.00975. The summed E-state index contributed by atoms with van der Waals surface area (Å²) in [5.74, 6) is -1.21. The highest BCUT2D eigenvalue weighted by Crippen LogP contribution is 2.13. The maximum atomic E-state index is 11.7. The maximum Gasteiger partial charge on any atom is 0.354 e. The van der Waals surface area contributed by atoms with Gasteiger partial charge in [0.1, 0.15) is 0 Å². The molecule has 0 amide bonds. The van der Waals surface area contributed by atoms with E-state index in [0.29, 0.717) is 5.69 Å². The predicted octanol–water partition coefficient (Wildman–Crippen LogP) is 0.707. The van der Waals surface area contributed by atoms with E-state index >= 15 is 0 Å². The molecule has 0 aliphatic carbocycles. The summed E-state index contributed by atoms with van der Waals surface area (Å²) in [7, 11) is 0. The summed E-state index contributed by atoms with van der Waals surface area (Å²) < 4.78 is 1.23. The third-order valence-electron chi connectivity index (χ3n) is 2.85. The Labute approximate surface area is 108 Å². The standard InChI is InChI=1S/C13H14N2O4/c1-8-2-4-9(5-3-8)15-11(13(18)19)10(6-7-16)12(17)14-15/h2-5,16H,6-7H2,1H3,(H,14,17)(H,18,19). The van der Waals surface area contributed by atoms with Gasteiger partial charge in [-0.2, -0.15) is 0 Å². The third kappa shape index (κ3) is 2.43. The van der Waals surface area contributed by atoms with Crippen LogP contribution in [0.25, 0.3) is 5.69 Å². The van der Waals surface area contributed by atoms with Gasteiger partial charge in [-0.1, -0.05) is 17.7 Å². The van der Waals surface area contributed by atoms with Gasteiger partial charge >= 0.3 is 5.97 Å². The van der Waals surface area contributed by atoms with Crippen molar-refractivity contribution in [2.45, 2.75) is 13.3 Å². The molecule has 100 valence electrons. The Morgan fingerprint density at radius 2 is 1.95 bits per heavy atom. The maximum absolute atomic E-state index is 11.7. The number of carbonyl (C=O) groups is 1. The van der Waals surface area contributed by atoms with Crippen molar-refractivity contribution in [3.63, 3.8) is 0 Å². The number of aromatic carboxylic acids is 1. The van der Waals surface area contributed by atoms with Gasteiger partial charge in [0.2, 0.25) is 0 Å². The molecule has 0 saturated heterocycles. The van der Waals surface area contributed by atoms with Gasteiger partial charge in [0, 0.05) is 13.0 Å². The fraction of sp³-hybridized carbons (Fsp3) is 0.231. The Morgan fingerprint density at radius 1 is 1.32 bits per heavy atom. The van der Waals surface area contributed by atoms with E-state index in [2.05, 4.69) is 5.10 Å². The lowest BCUT2D eigenvalue weighted by atomic mass is 10.1. The van der Waals surface area contributed by atoms with Gasteiger partial charge in [0.05, 0.1) is 11.3 Å². The van der Waals surface area contributed by atoms with Gasteiger partial charge in [-0.15, -0.1) is 0 Å². The predicted molar refractivity (Wildman–Crippen MR) is 68.9 cm³/mol. The molecule has 0 radical (unpaired) electrons. The molecular weight excluding hydrogens is 248 g/mol. The first-order valence-electron chi connectivity index (χ1n) is 5.79. The molecule has 0 aliphatic heterocycles. The van der Waals surface area contributed by atoms with E-state index in [1.54, 1.807) is 12.1 Å². The fourth-order valence-electron chi connectivity index (χ4n) is 1.92. The van der Waals surface area contributed by atoms with E-state index in [1.807, 2.05) is 19.1 Å². The van der Waals surface area contributed by atoms with E-state index < -0.39 is 11.5 Å². The molecule has 2 aromatic rings. The Hall–Kier alpha value is -2.34. The SMILES string of the molecule is Cc1ccc(-n2[nH]c(=O)c(CCO)c2C(=O)O)cc1. The second kappa shape index (κ2) is 5.11. The smallest absolute Gasteiger partial charge is 0.354 e. The molecule has 1 aromatic carbocycles. The van der Waals surface area contributed by atoms with Crippen LogP contribution in [0, 0.1) is 6.92 Å². The first kappa shape index (κ1) is 13.1. The molecule has 0 unspecified atom stereocenters. The summed E-state index contributed by atoms with van der Waals surface area (Å²) in [5.41, 5.74) is 1.04. The van der Waals surface area contributed by atoms with Crippen molar-refractivity contribution in [3.8, 4) is 5.69 Å². The minimum atomic E-state index is -1.21. The van der Waals surface area contributed by atoms with Crippen LogP contribution in [0.5, 0.6) is 0 Å². The number of benzene rings is 1. The largest absolute Gasteiger partial charge is 0.476 e. The topological polar surface area (TPSA) is 95.3 Å². The number of aliphatic hydroxyl groups excluding tert-OH is 1. The van der Waals surface area contributed by atoms with Crippen LogP contribution >= 0.6 is 0 Å². The van der Waals surface area contributed by atoms with Crippen molar-refractivity contribution < 1.29 is 15.0 Å². The highest BCUT2D eigenvalue weighted by molar-refractivity contribution is 5.88. The minimum Gasteiger partial charge on any atom is -0.476 e. The van der Waals surface area contributed by atoms with Crippen LogP contribution in [-0.2, 0) is 6.42 Å². The van der Waals surface area contributed by atoms with Crippen LogP contribution in [0.1, 0.15) is 21.6 Å². The second-order valence-corrected chi connectivity index (χ2v) is 4.22. The summed E-state index contributed by atoms with van der Waals surface area (Å²) in [6, 6.07) is 7.09. The zero-order valence-corrected chi connectivity index (χ0v) is 10.4. The van der Waals surface area contributed by atoms with E-state index in [0.717, 1.165) is 5.56 Å². The van der Waals surface area contributed by atoms with Crippen LogP contribution in [0.3, 0.4) is 0 Å². The Morgan fingerprint density at radius 3 is 2.47 bits per heavy atom. The molecule has 3 N–H and O–H groups in total. The molecule has 19 heavy (non-hydrogen) atoms. The quantitative estimate of drug-likeness (QED) is 0.756. The van der Waals surface area contributed by atoms with Crippen LogP contribution in [0.4, 0.5) is 0 Å². The third-order valence-corrected chi connectivity index (χ3v) is 2.85. The van der Waals surface area contributed by atoms with Gasteiger partial charge in [-0.05, 0) is 19.1 Å². The van der Waals surface area contributed by atoms with Crippen molar-refractivity contribution in [3.05, 3.63) is 51.4 Å². The number of aryl methyl sites for hydroxylation is 1. The lowest BCUT2D eigenvalue weighted by molar-refractivity contribution is 0.0685. The molecule has 2 rings (SSSR count). The molecule has 6 nitrogen and oxygen atoms in total. The number of rotatable bonds is 4. The summed E-state index contributed by atoms with van der Waals surface area (Å²) in [6.07, 6.45) is 0.00975. The van der Waals surface area contributed by atoms with Crippen LogP contribution in [-0.4, -0.2) is 32.6 Å². The molecule has 6 heteroatoms. The van der Waals surface area contributed by atoms with Gasteiger partial charge in [0.15, 0.2) is 5.69 Å². The first-order valence-corrected chi connectivity index (χ1v) is 5.79. The average Bonchev–Trinajstić information content (AvgIpc) is 2.68. The molecule has 0 saturated carbocycles. The zero-order chi connectivity index (χ0) is 14.0. The van der Waals surface area contributed by atoms with Gasteiger partial charge in [-0.25, -0.2) is 9.48 Å². The lowest BCUT2D eigenvalue weighted by Gasteiger charge is -2.06. The van der Waals surface area contributed by atoms with Crippen molar-refractivity contribution in [2.75, 3.05) is 6.61 Å². The van der Waals surface area contributed by atoms with Crippen molar-refractivity contribution in [1.29, 1.82) is 0 Å². The lowest BCUT2D eigenvalue weighted by Crippen LogP contribution is -2.11. The highest BCUT2D eigenvalue weighted by Gasteiger charge is 2.21. The molecule has 0 aliphatic rings. The zero-order valence-electron chi connectivity index (χ0n) is 10.4. The van der Waals surface area contributed by atoms with E-state index in [-0.39, 0.29) is 24.3 Å². The summed E-state index contributed by atoms with van der Waals surface area (Å²) in [6.45, 7) is 1.64. The number of nitrogens with zero attached hydrogens (tertiary/aromatic N) is 1. The fourth-order valence-corrected chi connectivity index (χ4v) is 1.92. The molecule has 0 bridgehead atoms. The van der Waals surface area contributed by atoms with Crippen molar-refractivity contribution in [2.24, 2.45) is 0 Å². The van der Waals surface area contributed by atoms with E-state index in [4.69, 9.17) is 5.11 Å². The molecular formula is C13H14N2O4. The molecule has 0 atom stereocenters. The number of carboxylic acid groups (broad SMARTS) is 1. The summed E-state index contributed by atoms with van der Waals surface area (Å²) in [4.78, 5) is 23.1. The Kier molecular flexibility index (Phi) is 3.52. The highest BCUT2D eigenvalue weighted by atomic mass is 16.4. The number of carboxylic acids is 1. The number of hydrogen-bond acceptors (Lipinski definition) is 3. The monoisotopic (exact) mass is 262 g/mol.